The van der Waals surface area contributed by atoms with Gasteiger partial charge in [-0.05, 0) is 77.0 Å². The summed E-state index contributed by atoms with van der Waals surface area (Å²) in [6, 6.07) is 11.0. The summed E-state index contributed by atoms with van der Waals surface area (Å²) in [5.41, 5.74) is 2.06. The summed E-state index contributed by atoms with van der Waals surface area (Å²) in [6.45, 7) is 2.41. The normalized spacial score (nSPS) is 14.7. The highest BCUT2D eigenvalue weighted by Crippen LogP contribution is 2.38. The van der Waals surface area contributed by atoms with Gasteiger partial charge in [-0.3, -0.25) is 0 Å². The minimum Gasteiger partial charge on any atom is -0.497 e. The fourth-order valence-electron chi connectivity index (χ4n) is 2.70. The Hall–Kier alpha value is -2.73. The van der Waals surface area contributed by atoms with Gasteiger partial charge in [0.2, 0.25) is 0 Å². The summed E-state index contributed by atoms with van der Waals surface area (Å²) in [5, 5.41) is 0. The van der Waals surface area contributed by atoms with Crippen LogP contribution >= 0.6 is 15.9 Å². The van der Waals surface area contributed by atoms with E-state index in [0.717, 1.165) is 21.3 Å². The number of ether oxygens (including phenoxy) is 4. The van der Waals surface area contributed by atoms with Gasteiger partial charge in [-0.2, -0.15) is 0 Å². The van der Waals surface area contributed by atoms with Gasteiger partial charge in [0.15, 0.2) is 11.5 Å². The van der Waals surface area contributed by atoms with Gasteiger partial charge in [-0.1, -0.05) is 0 Å². The lowest BCUT2D eigenvalue weighted by molar-refractivity contribution is -0.130. The smallest absolute Gasteiger partial charge is 0.343 e. The molecule has 5 nitrogen and oxygen atoms in total. The van der Waals surface area contributed by atoms with Crippen LogP contribution in [0, 0.1) is 0 Å². The number of hydrogen-bond donors (Lipinski definition) is 0. The molecule has 0 aliphatic carbocycles. The molecule has 1 aliphatic rings. The lowest BCUT2D eigenvalue weighted by Crippen LogP contribution is -1.98. The van der Waals surface area contributed by atoms with E-state index in [4.69, 9.17) is 18.9 Å². The molecule has 0 radical (unpaired) electrons. The average molecular weight is 431 g/mol. The van der Waals surface area contributed by atoms with Crippen molar-refractivity contribution in [1.29, 1.82) is 0 Å². The Labute approximate surface area is 166 Å². The Kier molecular flexibility index (Phi) is 5.86. The monoisotopic (exact) mass is 430 g/mol. The van der Waals surface area contributed by atoms with Crippen molar-refractivity contribution in [2.45, 2.75) is 6.92 Å². The quantitative estimate of drug-likeness (QED) is 0.484. The second-order valence-corrected chi connectivity index (χ2v) is 6.55. The van der Waals surface area contributed by atoms with Crippen LogP contribution in [0.5, 0.6) is 17.2 Å². The van der Waals surface area contributed by atoms with Crippen LogP contribution in [-0.2, 0) is 9.53 Å². The first kappa shape index (κ1) is 19.0. The van der Waals surface area contributed by atoms with Crippen LogP contribution in [0.2, 0.25) is 0 Å². The first-order chi connectivity index (χ1) is 13.0. The fourth-order valence-corrected chi connectivity index (χ4v) is 3.32. The zero-order valence-corrected chi connectivity index (χ0v) is 16.8. The van der Waals surface area contributed by atoms with E-state index >= 15 is 0 Å². The number of cyclic esters (lactones) is 1. The Balaban J connectivity index is 1.94. The number of methoxy groups -OCH3 is 2. The molecule has 0 saturated carbocycles. The molecule has 2 aromatic carbocycles. The highest BCUT2D eigenvalue weighted by Gasteiger charge is 2.22. The molecule has 3 rings (SSSR count). The minimum atomic E-state index is -0.397. The molecule has 140 valence electrons. The summed E-state index contributed by atoms with van der Waals surface area (Å²) in [5.74, 6) is 2.07. The lowest BCUT2D eigenvalue weighted by Gasteiger charge is -2.12. The van der Waals surface area contributed by atoms with E-state index in [1.807, 2.05) is 43.3 Å². The molecule has 6 heteroatoms. The Bertz CT molecular complexity index is 913. The highest BCUT2D eigenvalue weighted by atomic mass is 79.9. The van der Waals surface area contributed by atoms with Gasteiger partial charge in [0.25, 0.3) is 0 Å². The van der Waals surface area contributed by atoms with Gasteiger partial charge in [0.1, 0.15) is 11.5 Å². The summed E-state index contributed by atoms with van der Waals surface area (Å²) in [6.07, 6.45) is 3.48. The van der Waals surface area contributed by atoms with E-state index in [1.165, 1.54) is 0 Å². The van der Waals surface area contributed by atoms with Gasteiger partial charge in [0.05, 0.1) is 30.9 Å². The fraction of sp³-hybridized carbons (Fsp3) is 0.190. The summed E-state index contributed by atoms with van der Waals surface area (Å²) >= 11 is 3.48. The molecule has 0 unspecified atom stereocenters. The third-order valence-corrected chi connectivity index (χ3v) is 4.55. The van der Waals surface area contributed by atoms with Crippen LogP contribution in [0.3, 0.4) is 0 Å². The molecule has 0 N–H and O–H groups in total. The van der Waals surface area contributed by atoms with Crippen molar-refractivity contribution >= 4 is 33.7 Å². The minimum absolute atomic E-state index is 0.397. The average Bonchev–Trinajstić information content (AvgIpc) is 3.02. The molecular formula is C21H19BrO5. The van der Waals surface area contributed by atoms with E-state index in [-0.39, 0.29) is 0 Å². The Morgan fingerprint density at radius 3 is 2.48 bits per heavy atom. The highest BCUT2D eigenvalue weighted by molar-refractivity contribution is 9.10. The third kappa shape index (κ3) is 4.17. The van der Waals surface area contributed by atoms with Gasteiger partial charge < -0.3 is 18.9 Å². The van der Waals surface area contributed by atoms with E-state index in [0.29, 0.717) is 29.4 Å². The van der Waals surface area contributed by atoms with E-state index in [1.54, 1.807) is 26.4 Å². The molecule has 0 saturated heterocycles. The van der Waals surface area contributed by atoms with Gasteiger partial charge in [-0.25, -0.2) is 4.79 Å². The third-order valence-electron chi connectivity index (χ3n) is 3.96. The van der Waals surface area contributed by atoms with Crippen LogP contribution in [-0.4, -0.2) is 26.8 Å². The zero-order chi connectivity index (χ0) is 19.4. The maximum Gasteiger partial charge on any atom is 0.343 e. The maximum atomic E-state index is 12.3. The van der Waals surface area contributed by atoms with Crippen LogP contribution in [0.25, 0.3) is 11.8 Å². The molecule has 0 amide bonds. The molecule has 0 fully saturated rings. The summed E-state index contributed by atoms with van der Waals surface area (Å²) < 4.78 is 22.3. The molecule has 0 aromatic heterocycles. The van der Waals surface area contributed by atoms with Crippen LogP contribution in [0.4, 0.5) is 0 Å². The number of carbonyl (C=O) groups excluding carboxylic acids is 1. The first-order valence-electron chi connectivity index (χ1n) is 8.36. The van der Waals surface area contributed by atoms with Gasteiger partial charge in [-0.15, -0.1) is 0 Å². The summed E-state index contributed by atoms with van der Waals surface area (Å²) in [7, 11) is 3.19. The number of carbonyl (C=O) groups is 1. The Morgan fingerprint density at radius 2 is 1.85 bits per heavy atom. The van der Waals surface area contributed by atoms with Crippen molar-refractivity contribution in [2.75, 3.05) is 20.8 Å². The number of esters is 1. The number of rotatable bonds is 6. The van der Waals surface area contributed by atoms with Gasteiger partial charge >= 0.3 is 5.97 Å². The summed E-state index contributed by atoms with van der Waals surface area (Å²) in [4.78, 5) is 12.3. The molecule has 0 atom stereocenters. The topological polar surface area (TPSA) is 54.0 Å². The Morgan fingerprint density at radius 1 is 1.11 bits per heavy atom. The van der Waals surface area contributed by atoms with Crippen molar-refractivity contribution in [1.82, 2.24) is 0 Å². The van der Waals surface area contributed by atoms with Crippen LogP contribution < -0.4 is 14.2 Å². The van der Waals surface area contributed by atoms with Crippen molar-refractivity contribution in [3.63, 3.8) is 0 Å². The molecule has 2 aromatic rings. The first-order valence-corrected chi connectivity index (χ1v) is 9.15. The van der Waals surface area contributed by atoms with E-state index < -0.39 is 5.97 Å². The molecule has 0 spiro atoms. The SMILES string of the molecule is CCOc1cc(C=C2C=C(c3ccc(OC)cc3)OC2=O)cc(Br)c1OC. The van der Waals surface area contributed by atoms with E-state index in [9.17, 15) is 4.79 Å². The number of benzene rings is 2. The largest absolute Gasteiger partial charge is 0.497 e. The van der Waals surface area contributed by atoms with Crippen molar-refractivity contribution < 1.29 is 23.7 Å². The molecule has 27 heavy (non-hydrogen) atoms. The number of hydrogen-bond acceptors (Lipinski definition) is 5. The standard InChI is InChI=1S/C21H19BrO5/c1-4-26-19-11-13(10-17(22)20(19)25-3)9-15-12-18(27-21(15)23)14-5-7-16(24-2)8-6-14/h5-12H,4H2,1-3H3. The predicted octanol–water partition coefficient (Wildman–Crippen LogP) is 4.85. The van der Waals surface area contributed by atoms with Crippen molar-refractivity contribution in [2.24, 2.45) is 0 Å². The predicted molar refractivity (Wildman–Crippen MR) is 107 cm³/mol. The number of halogens is 1. The van der Waals surface area contributed by atoms with E-state index in [2.05, 4.69) is 15.9 Å². The maximum absolute atomic E-state index is 12.3. The second-order valence-electron chi connectivity index (χ2n) is 5.69. The van der Waals surface area contributed by atoms with Crippen LogP contribution in [0.15, 0.2) is 52.5 Å². The molecular weight excluding hydrogens is 412 g/mol. The zero-order valence-electron chi connectivity index (χ0n) is 15.2. The van der Waals surface area contributed by atoms with Crippen molar-refractivity contribution in [3.05, 3.63) is 63.6 Å². The second kappa shape index (κ2) is 8.31. The van der Waals surface area contributed by atoms with Gasteiger partial charge in [0, 0.05) is 5.56 Å². The lowest BCUT2D eigenvalue weighted by atomic mass is 10.1. The molecule has 1 heterocycles. The van der Waals surface area contributed by atoms with Crippen LogP contribution in [0.1, 0.15) is 18.1 Å². The molecule has 0 bridgehead atoms. The van der Waals surface area contributed by atoms with Crippen molar-refractivity contribution in [3.8, 4) is 17.2 Å². The molecule has 1 aliphatic heterocycles.